The molecule has 0 bridgehead atoms. The van der Waals surface area contributed by atoms with Crippen molar-refractivity contribution in [2.45, 2.75) is 18.9 Å². The minimum atomic E-state index is -0.106. The summed E-state index contributed by atoms with van der Waals surface area (Å²) in [7, 11) is 0. The Bertz CT molecular complexity index is 610. The van der Waals surface area contributed by atoms with Crippen LogP contribution in [0.2, 0.25) is 5.15 Å². The molecule has 3 nitrogen and oxygen atoms in total. The molecule has 0 aliphatic heterocycles. The van der Waals surface area contributed by atoms with Crippen molar-refractivity contribution < 1.29 is 4.79 Å². The van der Waals surface area contributed by atoms with Gasteiger partial charge in [-0.2, -0.15) is 0 Å². The number of carbonyl (C=O) groups is 1. The first kappa shape index (κ1) is 12.2. The normalized spacial score (nSPS) is 17.0. The first-order valence-corrected chi connectivity index (χ1v) is 6.62. The molecule has 1 heterocycles. The quantitative estimate of drug-likeness (QED) is 0.854. The van der Waals surface area contributed by atoms with Gasteiger partial charge in [0, 0.05) is 6.20 Å². The van der Waals surface area contributed by atoms with Crippen molar-refractivity contribution in [3.8, 4) is 0 Å². The number of hydrogen-bond acceptors (Lipinski definition) is 2. The number of aryl methyl sites for hydroxylation is 1. The molecule has 1 amide bonds. The molecule has 1 aromatic heterocycles. The largest absolute Gasteiger partial charge is 0.345 e. The lowest BCUT2D eigenvalue weighted by molar-refractivity contribution is 0.0936. The maximum Gasteiger partial charge on any atom is 0.253 e. The van der Waals surface area contributed by atoms with Crippen LogP contribution in [0.25, 0.3) is 0 Å². The SMILES string of the molecule is O=C(NC1CCc2ccccc21)c1ccc(Cl)nc1. The molecule has 1 atom stereocenters. The van der Waals surface area contributed by atoms with E-state index in [0.29, 0.717) is 10.7 Å². The number of fused-ring (bicyclic) bond motifs is 1. The molecule has 1 aromatic carbocycles. The van der Waals surface area contributed by atoms with Gasteiger partial charge in [-0.05, 0) is 36.1 Å². The monoisotopic (exact) mass is 272 g/mol. The van der Waals surface area contributed by atoms with Gasteiger partial charge in [0.2, 0.25) is 0 Å². The molecule has 1 unspecified atom stereocenters. The number of amides is 1. The highest BCUT2D eigenvalue weighted by Gasteiger charge is 2.23. The van der Waals surface area contributed by atoms with Crippen LogP contribution in [0.5, 0.6) is 0 Å². The number of rotatable bonds is 2. The smallest absolute Gasteiger partial charge is 0.253 e. The van der Waals surface area contributed by atoms with Gasteiger partial charge in [-0.25, -0.2) is 4.98 Å². The molecule has 3 rings (SSSR count). The first-order chi connectivity index (χ1) is 9.24. The molecule has 0 fully saturated rings. The zero-order valence-electron chi connectivity index (χ0n) is 10.3. The van der Waals surface area contributed by atoms with Gasteiger partial charge in [-0.1, -0.05) is 35.9 Å². The molecule has 1 aliphatic rings. The van der Waals surface area contributed by atoms with E-state index in [9.17, 15) is 4.79 Å². The van der Waals surface area contributed by atoms with Crippen molar-refractivity contribution in [3.63, 3.8) is 0 Å². The number of pyridine rings is 1. The van der Waals surface area contributed by atoms with E-state index in [1.54, 1.807) is 12.1 Å². The van der Waals surface area contributed by atoms with E-state index in [1.807, 2.05) is 12.1 Å². The average Bonchev–Trinajstić information content (AvgIpc) is 2.83. The highest BCUT2D eigenvalue weighted by Crippen LogP contribution is 2.30. The third-order valence-electron chi connectivity index (χ3n) is 3.43. The summed E-state index contributed by atoms with van der Waals surface area (Å²) in [5.41, 5.74) is 3.08. The van der Waals surface area contributed by atoms with Crippen LogP contribution in [0.3, 0.4) is 0 Å². The van der Waals surface area contributed by atoms with Gasteiger partial charge in [-0.3, -0.25) is 4.79 Å². The predicted octanol–water partition coefficient (Wildman–Crippen LogP) is 3.15. The van der Waals surface area contributed by atoms with Crippen LogP contribution in [0.1, 0.15) is 33.9 Å². The topological polar surface area (TPSA) is 42.0 Å². The second-order valence-electron chi connectivity index (χ2n) is 4.63. The molecular formula is C15H13ClN2O. The lowest BCUT2D eigenvalue weighted by atomic mass is 10.1. The zero-order chi connectivity index (χ0) is 13.2. The van der Waals surface area contributed by atoms with Crippen LogP contribution in [0, 0.1) is 0 Å². The number of hydrogen-bond donors (Lipinski definition) is 1. The molecule has 0 radical (unpaired) electrons. The van der Waals surface area contributed by atoms with Gasteiger partial charge < -0.3 is 5.32 Å². The Morgan fingerprint density at radius 1 is 1.26 bits per heavy atom. The molecule has 0 spiro atoms. The van der Waals surface area contributed by atoms with Gasteiger partial charge in [0.25, 0.3) is 5.91 Å². The van der Waals surface area contributed by atoms with Gasteiger partial charge >= 0.3 is 0 Å². The van der Waals surface area contributed by atoms with Gasteiger partial charge in [0.15, 0.2) is 0 Å². The lowest BCUT2D eigenvalue weighted by Crippen LogP contribution is -2.27. The summed E-state index contributed by atoms with van der Waals surface area (Å²) in [6, 6.07) is 11.6. The number of nitrogens with zero attached hydrogens (tertiary/aromatic N) is 1. The van der Waals surface area contributed by atoms with E-state index in [2.05, 4.69) is 22.4 Å². The maximum absolute atomic E-state index is 12.1. The van der Waals surface area contributed by atoms with Crippen molar-refractivity contribution in [1.29, 1.82) is 0 Å². The Labute approximate surface area is 116 Å². The van der Waals surface area contributed by atoms with Crippen LogP contribution in [-0.4, -0.2) is 10.9 Å². The van der Waals surface area contributed by atoms with Crippen molar-refractivity contribution in [3.05, 3.63) is 64.4 Å². The minimum absolute atomic E-state index is 0.0966. The molecule has 2 aromatic rings. The molecule has 1 aliphatic carbocycles. The second-order valence-corrected chi connectivity index (χ2v) is 5.02. The van der Waals surface area contributed by atoms with Crippen molar-refractivity contribution in [1.82, 2.24) is 10.3 Å². The molecule has 96 valence electrons. The average molecular weight is 273 g/mol. The Morgan fingerprint density at radius 3 is 2.89 bits per heavy atom. The predicted molar refractivity (Wildman–Crippen MR) is 74.2 cm³/mol. The third-order valence-corrected chi connectivity index (χ3v) is 3.65. The van der Waals surface area contributed by atoms with Crippen LogP contribution in [-0.2, 0) is 6.42 Å². The van der Waals surface area contributed by atoms with E-state index in [-0.39, 0.29) is 11.9 Å². The summed E-state index contributed by atoms with van der Waals surface area (Å²) >= 11 is 5.71. The summed E-state index contributed by atoms with van der Waals surface area (Å²) in [5.74, 6) is -0.106. The Balaban J connectivity index is 1.76. The van der Waals surface area contributed by atoms with Crippen LogP contribution < -0.4 is 5.32 Å². The number of carbonyl (C=O) groups excluding carboxylic acids is 1. The standard InChI is InChI=1S/C15H13ClN2O/c16-14-8-6-11(9-17-14)15(19)18-13-7-5-10-3-1-2-4-12(10)13/h1-4,6,8-9,13H,5,7H2,(H,18,19). The highest BCUT2D eigenvalue weighted by atomic mass is 35.5. The maximum atomic E-state index is 12.1. The second kappa shape index (κ2) is 5.02. The number of aromatic nitrogens is 1. The van der Waals surface area contributed by atoms with E-state index >= 15 is 0 Å². The molecule has 0 saturated heterocycles. The lowest BCUT2D eigenvalue weighted by Gasteiger charge is -2.13. The fourth-order valence-corrected chi connectivity index (χ4v) is 2.57. The fourth-order valence-electron chi connectivity index (χ4n) is 2.46. The summed E-state index contributed by atoms with van der Waals surface area (Å²) < 4.78 is 0. The summed E-state index contributed by atoms with van der Waals surface area (Å²) in [6.45, 7) is 0. The molecule has 1 N–H and O–H groups in total. The highest BCUT2D eigenvalue weighted by molar-refractivity contribution is 6.29. The van der Waals surface area contributed by atoms with Crippen molar-refractivity contribution in [2.75, 3.05) is 0 Å². The Morgan fingerprint density at radius 2 is 2.11 bits per heavy atom. The van der Waals surface area contributed by atoms with Crippen LogP contribution in [0.4, 0.5) is 0 Å². The van der Waals surface area contributed by atoms with E-state index in [0.717, 1.165) is 12.8 Å². The summed E-state index contributed by atoms with van der Waals surface area (Å²) in [4.78, 5) is 16.1. The van der Waals surface area contributed by atoms with Gasteiger partial charge in [-0.15, -0.1) is 0 Å². The van der Waals surface area contributed by atoms with Gasteiger partial charge in [0.1, 0.15) is 5.15 Å². The molecule has 19 heavy (non-hydrogen) atoms. The zero-order valence-corrected chi connectivity index (χ0v) is 11.0. The third kappa shape index (κ3) is 2.47. The van der Waals surface area contributed by atoms with E-state index in [4.69, 9.17) is 11.6 Å². The number of halogens is 1. The molecule has 0 saturated carbocycles. The van der Waals surface area contributed by atoms with Crippen molar-refractivity contribution in [2.24, 2.45) is 0 Å². The summed E-state index contributed by atoms with van der Waals surface area (Å²) in [6.07, 6.45) is 3.46. The first-order valence-electron chi connectivity index (χ1n) is 6.24. The molecular weight excluding hydrogens is 260 g/mol. The van der Waals surface area contributed by atoms with Crippen molar-refractivity contribution >= 4 is 17.5 Å². The van der Waals surface area contributed by atoms with E-state index in [1.165, 1.54) is 17.3 Å². The Kier molecular flexibility index (Phi) is 3.22. The van der Waals surface area contributed by atoms with E-state index < -0.39 is 0 Å². The van der Waals surface area contributed by atoms with Gasteiger partial charge in [0.05, 0.1) is 11.6 Å². The Hall–Kier alpha value is -1.87. The van der Waals surface area contributed by atoms with Crippen LogP contribution >= 0.6 is 11.6 Å². The molecule has 4 heteroatoms. The number of nitrogens with one attached hydrogen (secondary N) is 1. The summed E-state index contributed by atoms with van der Waals surface area (Å²) in [5, 5.41) is 3.44. The fraction of sp³-hybridized carbons (Fsp3) is 0.200. The van der Waals surface area contributed by atoms with Crippen LogP contribution in [0.15, 0.2) is 42.6 Å². The minimum Gasteiger partial charge on any atom is -0.345 e. The number of benzene rings is 1.